The Morgan fingerprint density at radius 2 is 1.56 bits per heavy atom. The van der Waals surface area contributed by atoms with E-state index in [4.69, 9.17) is 23.2 Å². The summed E-state index contributed by atoms with van der Waals surface area (Å²) in [4.78, 5) is 15.2. The van der Waals surface area contributed by atoms with Gasteiger partial charge in [0.05, 0.1) is 33.2 Å². The van der Waals surface area contributed by atoms with Crippen LogP contribution in [-0.4, -0.2) is 41.7 Å². The number of halogens is 8. The summed E-state index contributed by atoms with van der Waals surface area (Å²) >= 11 is 12.1. The third-order valence-electron chi connectivity index (χ3n) is 6.07. The van der Waals surface area contributed by atoms with Crippen molar-refractivity contribution in [3.8, 4) is 0 Å². The molecule has 4 nitrogen and oxygen atoms in total. The minimum atomic E-state index is -4.98. The van der Waals surface area contributed by atoms with E-state index in [9.17, 15) is 36.2 Å². The maximum absolute atomic E-state index is 13.2. The number of likely N-dealkylation sites (tertiary alicyclic amines) is 1. The maximum atomic E-state index is 13.2. The van der Waals surface area contributed by atoms with Gasteiger partial charge in [-0.05, 0) is 67.3 Å². The van der Waals surface area contributed by atoms with Crippen LogP contribution in [0.3, 0.4) is 0 Å². The molecular formula is C24H24Cl2F6N2O2. The monoisotopic (exact) mass is 556 g/mol. The molecule has 1 saturated heterocycles. The molecule has 2 N–H and O–H groups in total. The third-order valence-corrected chi connectivity index (χ3v) is 6.81. The summed E-state index contributed by atoms with van der Waals surface area (Å²) in [6.45, 7) is 1.25. The van der Waals surface area contributed by atoms with E-state index in [1.165, 1.54) is 12.1 Å². The van der Waals surface area contributed by atoms with Gasteiger partial charge in [-0.2, -0.15) is 26.3 Å². The Kier molecular flexibility index (Phi) is 9.19. The standard InChI is InChI=1S/C24H24Cl2F6N2O2/c25-20-2-1-15(11-21(20)26)19(5-8-34-6-3-18(35)4-7-34)22(36)33-13-14-9-16(23(27,28)29)12-17(10-14)24(30,31)32/h1-2,9-12,18-19,35H,3-8,13H2,(H,33,36). The molecule has 0 aromatic heterocycles. The summed E-state index contributed by atoms with van der Waals surface area (Å²) < 4.78 is 78.9. The van der Waals surface area contributed by atoms with Crippen LogP contribution in [0.5, 0.6) is 0 Å². The topological polar surface area (TPSA) is 52.6 Å². The van der Waals surface area contributed by atoms with Gasteiger partial charge in [0.2, 0.25) is 5.91 Å². The van der Waals surface area contributed by atoms with E-state index in [2.05, 4.69) is 10.2 Å². The van der Waals surface area contributed by atoms with Gasteiger partial charge >= 0.3 is 12.4 Å². The lowest BCUT2D eigenvalue weighted by atomic mass is 9.93. The zero-order chi connectivity index (χ0) is 26.7. The highest BCUT2D eigenvalue weighted by Gasteiger charge is 2.37. The number of amides is 1. The van der Waals surface area contributed by atoms with Crippen molar-refractivity contribution >= 4 is 29.1 Å². The molecule has 1 atom stereocenters. The Hall–Kier alpha value is -2.01. The predicted molar refractivity (Wildman–Crippen MR) is 124 cm³/mol. The van der Waals surface area contributed by atoms with Crippen molar-refractivity contribution in [3.63, 3.8) is 0 Å². The molecule has 1 aliphatic rings. The van der Waals surface area contributed by atoms with E-state index < -0.39 is 41.8 Å². The van der Waals surface area contributed by atoms with Crippen molar-refractivity contribution in [2.75, 3.05) is 19.6 Å². The average molecular weight is 557 g/mol. The van der Waals surface area contributed by atoms with Crippen LogP contribution in [-0.2, 0) is 23.7 Å². The van der Waals surface area contributed by atoms with E-state index >= 15 is 0 Å². The van der Waals surface area contributed by atoms with Crippen molar-refractivity contribution in [3.05, 3.63) is 68.7 Å². The molecule has 1 aliphatic heterocycles. The van der Waals surface area contributed by atoms with Gasteiger partial charge in [0.1, 0.15) is 0 Å². The van der Waals surface area contributed by atoms with Gasteiger partial charge < -0.3 is 15.3 Å². The summed E-state index contributed by atoms with van der Waals surface area (Å²) in [5.74, 6) is -1.35. The zero-order valence-electron chi connectivity index (χ0n) is 18.9. The average Bonchev–Trinajstić information content (AvgIpc) is 2.80. The number of aliphatic hydroxyl groups excluding tert-OH is 1. The molecule has 12 heteroatoms. The Morgan fingerprint density at radius 3 is 2.08 bits per heavy atom. The Balaban J connectivity index is 1.79. The van der Waals surface area contributed by atoms with E-state index in [-0.39, 0.29) is 27.8 Å². The van der Waals surface area contributed by atoms with E-state index in [1.807, 2.05) is 0 Å². The molecule has 2 aromatic carbocycles. The fraction of sp³-hybridized carbons (Fsp3) is 0.458. The molecule has 1 unspecified atom stereocenters. The first-order valence-electron chi connectivity index (χ1n) is 11.2. The lowest BCUT2D eigenvalue weighted by molar-refractivity contribution is -0.143. The number of piperidine rings is 1. The highest BCUT2D eigenvalue weighted by atomic mass is 35.5. The van der Waals surface area contributed by atoms with Gasteiger partial charge in [-0.25, -0.2) is 0 Å². The minimum absolute atomic E-state index is 0.0411. The third kappa shape index (κ3) is 7.74. The number of benzene rings is 2. The molecule has 0 radical (unpaired) electrons. The van der Waals surface area contributed by atoms with Crippen LogP contribution in [0.1, 0.15) is 47.4 Å². The first-order valence-corrected chi connectivity index (χ1v) is 11.9. The second kappa shape index (κ2) is 11.6. The number of rotatable bonds is 7. The molecule has 0 aliphatic carbocycles. The molecule has 198 valence electrons. The number of carbonyl (C=O) groups excluding carboxylic acids is 1. The maximum Gasteiger partial charge on any atom is 0.416 e. The molecule has 0 saturated carbocycles. The summed E-state index contributed by atoms with van der Waals surface area (Å²) in [6, 6.07) is 5.84. The second-order valence-electron chi connectivity index (χ2n) is 8.72. The van der Waals surface area contributed by atoms with Crippen molar-refractivity contribution in [1.82, 2.24) is 10.2 Å². The highest BCUT2D eigenvalue weighted by Crippen LogP contribution is 2.36. The van der Waals surface area contributed by atoms with E-state index in [0.717, 1.165) is 0 Å². The summed E-state index contributed by atoms with van der Waals surface area (Å²) in [5.41, 5.74) is -2.72. The molecular weight excluding hydrogens is 533 g/mol. The van der Waals surface area contributed by atoms with Crippen molar-refractivity contribution in [2.24, 2.45) is 0 Å². The van der Waals surface area contributed by atoms with E-state index in [0.29, 0.717) is 56.6 Å². The first-order chi connectivity index (χ1) is 16.7. The second-order valence-corrected chi connectivity index (χ2v) is 9.53. The van der Waals surface area contributed by atoms with E-state index in [1.54, 1.807) is 6.07 Å². The molecule has 36 heavy (non-hydrogen) atoms. The molecule has 2 aromatic rings. The largest absolute Gasteiger partial charge is 0.416 e. The molecule has 1 heterocycles. The summed E-state index contributed by atoms with van der Waals surface area (Å²) in [6.07, 6.45) is -8.82. The van der Waals surface area contributed by atoms with Gasteiger partial charge in [0, 0.05) is 19.6 Å². The van der Waals surface area contributed by atoms with Crippen LogP contribution in [0, 0.1) is 0 Å². The number of nitrogens with one attached hydrogen (secondary N) is 1. The van der Waals surface area contributed by atoms with Gasteiger partial charge in [0.15, 0.2) is 0 Å². The molecule has 0 spiro atoms. The zero-order valence-corrected chi connectivity index (χ0v) is 20.4. The number of alkyl halides is 6. The molecule has 1 amide bonds. The van der Waals surface area contributed by atoms with Gasteiger partial charge in [-0.3, -0.25) is 4.79 Å². The Morgan fingerprint density at radius 1 is 0.972 bits per heavy atom. The fourth-order valence-electron chi connectivity index (χ4n) is 4.07. The number of nitrogens with zero attached hydrogens (tertiary/aromatic N) is 1. The van der Waals surface area contributed by atoms with Crippen LogP contribution in [0.15, 0.2) is 36.4 Å². The molecule has 3 rings (SSSR count). The van der Waals surface area contributed by atoms with Crippen LogP contribution >= 0.6 is 23.2 Å². The smallest absolute Gasteiger partial charge is 0.393 e. The predicted octanol–water partition coefficient (Wildman–Crippen LogP) is 6.28. The van der Waals surface area contributed by atoms with Crippen LogP contribution in [0.25, 0.3) is 0 Å². The molecule has 1 fully saturated rings. The van der Waals surface area contributed by atoms with Crippen molar-refractivity contribution in [2.45, 2.75) is 50.2 Å². The fourth-order valence-corrected chi connectivity index (χ4v) is 4.37. The van der Waals surface area contributed by atoms with Crippen LogP contribution in [0.2, 0.25) is 10.0 Å². The summed E-state index contributed by atoms with van der Waals surface area (Å²) in [5, 5.41) is 12.6. The number of hydrogen-bond donors (Lipinski definition) is 2. The van der Waals surface area contributed by atoms with Crippen molar-refractivity contribution in [1.29, 1.82) is 0 Å². The Bertz CT molecular complexity index is 1040. The Labute approximate surface area is 214 Å². The minimum Gasteiger partial charge on any atom is -0.393 e. The van der Waals surface area contributed by atoms with Gasteiger partial charge in [0.25, 0.3) is 0 Å². The highest BCUT2D eigenvalue weighted by molar-refractivity contribution is 6.42. The van der Waals surface area contributed by atoms with Crippen LogP contribution < -0.4 is 5.32 Å². The quantitative estimate of drug-likeness (QED) is 0.395. The number of carbonyl (C=O) groups is 1. The van der Waals surface area contributed by atoms with Gasteiger partial charge in [-0.1, -0.05) is 29.3 Å². The first kappa shape index (κ1) is 28.6. The van der Waals surface area contributed by atoms with Crippen molar-refractivity contribution < 1.29 is 36.2 Å². The lowest BCUT2D eigenvalue weighted by Crippen LogP contribution is -2.38. The number of aliphatic hydroxyl groups is 1. The normalized spacial score (nSPS) is 16.7. The lowest BCUT2D eigenvalue weighted by Gasteiger charge is -2.30. The SMILES string of the molecule is O=C(NCc1cc(C(F)(F)F)cc(C(F)(F)F)c1)C(CCN1CCC(O)CC1)c1ccc(Cl)c(Cl)c1. The number of hydrogen-bond acceptors (Lipinski definition) is 3. The molecule has 0 bridgehead atoms. The summed E-state index contributed by atoms with van der Waals surface area (Å²) in [7, 11) is 0. The van der Waals surface area contributed by atoms with Gasteiger partial charge in [-0.15, -0.1) is 0 Å². The van der Waals surface area contributed by atoms with Crippen LogP contribution in [0.4, 0.5) is 26.3 Å².